The van der Waals surface area contributed by atoms with Crippen molar-refractivity contribution in [2.75, 3.05) is 44.4 Å². The van der Waals surface area contributed by atoms with Gasteiger partial charge in [0.05, 0.1) is 18.8 Å². The maximum Gasteiger partial charge on any atom is 0.232 e. The molecule has 1 atom stereocenters. The summed E-state index contributed by atoms with van der Waals surface area (Å²) in [4.78, 5) is 4.44. The van der Waals surface area contributed by atoms with E-state index in [1.165, 1.54) is 5.56 Å². The van der Waals surface area contributed by atoms with Crippen LogP contribution >= 0.6 is 0 Å². The smallest absolute Gasteiger partial charge is 0.232 e. The van der Waals surface area contributed by atoms with E-state index in [1.54, 1.807) is 0 Å². The monoisotopic (exact) mass is 499 g/mol. The van der Waals surface area contributed by atoms with Gasteiger partial charge in [-0.1, -0.05) is 84.0 Å². The van der Waals surface area contributed by atoms with Crippen LogP contribution in [0.2, 0.25) is 0 Å². The molecule has 2 heterocycles. The molecule has 1 aliphatic heterocycles. The largest absolute Gasteiger partial charge is 0.491 e. The van der Waals surface area contributed by atoms with Crippen molar-refractivity contribution in [1.29, 1.82) is 0 Å². The molecule has 7 heteroatoms. The molecule has 5 rings (SSSR count). The third-order valence-electron chi connectivity index (χ3n) is 6.40. The Bertz CT molecular complexity index is 1210. The molecule has 0 amide bonds. The number of hydrogen-bond donors (Lipinski definition) is 1. The molecule has 1 N–H and O–H groups in total. The van der Waals surface area contributed by atoms with Crippen LogP contribution in [0.5, 0.6) is 5.75 Å². The van der Waals surface area contributed by atoms with Crippen molar-refractivity contribution in [1.82, 2.24) is 10.1 Å². The van der Waals surface area contributed by atoms with Crippen LogP contribution in [-0.4, -0.2) is 60.7 Å². The lowest BCUT2D eigenvalue weighted by atomic mass is 10.1. The van der Waals surface area contributed by atoms with Gasteiger partial charge in [-0.25, -0.2) is 0 Å². The average molecular weight is 500 g/mol. The highest BCUT2D eigenvalue weighted by atomic mass is 16.5. The van der Waals surface area contributed by atoms with Crippen molar-refractivity contribution < 1.29 is 19.1 Å². The zero-order valence-electron chi connectivity index (χ0n) is 20.9. The second kappa shape index (κ2) is 12.5. The Morgan fingerprint density at radius 1 is 0.865 bits per heavy atom. The number of hydrogen-bond acceptors (Lipinski definition) is 7. The van der Waals surface area contributed by atoms with Gasteiger partial charge in [0.25, 0.3) is 0 Å². The number of ether oxygens (including phenoxy) is 2. The lowest BCUT2D eigenvalue weighted by molar-refractivity contribution is 0.0628. The highest BCUT2D eigenvalue weighted by Crippen LogP contribution is 2.33. The Balaban J connectivity index is 1.40. The molecule has 0 aliphatic carbocycles. The van der Waals surface area contributed by atoms with Crippen molar-refractivity contribution in [2.45, 2.75) is 19.2 Å². The van der Waals surface area contributed by atoms with E-state index in [-0.39, 0.29) is 6.61 Å². The van der Waals surface area contributed by atoms with Crippen LogP contribution in [0, 0.1) is 0 Å². The first kappa shape index (κ1) is 25.0. The van der Waals surface area contributed by atoms with E-state index in [9.17, 15) is 5.11 Å². The van der Waals surface area contributed by atoms with E-state index in [0.717, 1.165) is 41.5 Å². The molecule has 3 aromatic carbocycles. The second-order valence-corrected chi connectivity index (χ2v) is 9.21. The first-order valence-corrected chi connectivity index (χ1v) is 12.7. The summed E-state index contributed by atoms with van der Waals surface area (Å²) in [6.45, 7) is 4.70. The fraction of sp³-hybridized carbons (Fsp3) is 0.300. The SMILES string of the molecule is O[C@H](COc1ccccc1)CN(Cc1ccccc1)Cc1c(-c2ccccc2)noc1N1CCOCC1. The molecular formula is C30H33N3O4. The normalized spacial score (nSPS) is 14.6. The van der Waals surface area contributed by atoms with Crippen LogP contribution in [-0.2, 0) is 17.8 Å². The Hall–Kier alpha value is -3.65. The van der Waals surface area contributed by atoms with Crippen LogP contribution in [0.4, 0.5) is 5.88 Å². The van der Waals surface area contributed by atoms with Gasteiger partial charge < -0.3 is 24.0 Å². The van der Waals surface area contributed by atoms with E-state index < -0.39 is 6.10 Å². The lowest BCUT2D eigenvalue weighted by Crippen LogP contribution is -2.38. The molecule has 0 radical (unpaired) electrons. The van der Waals surface area contributed by atoms with Crippen molar-refractivity contribution in [2.24, 2.45) is 0 Å². The highest BCUT2D eigenvalue weighted by Gasteiger charge is 2.26. The van der Waals surface area contributed by atoms with Crippen LogP contribution in [0.1, 0.15) is 11.1 Å². The third kappa shape index (κ3) is 6.77. The standard InChI is InChI=1S/C30H33N3O4/c34-26(23-36-27-14-8-3-9-15-27)21-32(20-24-10-4-1-5-11-24)22-28-29(25-12-6-2-7-13-25)31-37-30(28)33-16-18-35-19-17-33/h1-15,26,34H,16-23H2/t26-/m0/s1. The molecule has 4 aromatic rings. The van der Waals surface area contributed by atoms with Gasteiger partial charge in [0.2, 0.25) is 5.88 Å². The number of nitrogens with zero attached hydrogens (tertiary/aromatic N) is 3. The Morgan fingerprint density at radius 3 is 2.22 bits per heavy atom. The summed E-state index contributed by atoms with van der Waals surface area (Å²) < 4.78 is 17.4. The molecule has 1 aliphatic rings. The minimum absolute atomic E-state index is 0.209. The number of aromatic nitrogens is 1. The number of aliphatic hydroxyl groups is 1. The Kier molecular flexibility index (Phi) is 8.48. The minimum atomic E-state index is -0.671. The van der Waals surface area contributed by atoms with E-state index in [2.05, 4.69) is 39.2 Å². The Morgan fingerprint density at radius 2 is 1.51 bits per heavy atom. The number of anilines is 1. The summed E-state index contributed by atoms with van der Waals surface area (Å²) in [5, 5.41) is 15.5. The molecule has 37 heavy (non-hydrogen) atoms. The summed E-state index contributed by atoms with van der Waals surface area (Å²) >= 11 is 0. The zero-order valence-corrected chi connectivity index (χ0v) is 20.9. The summed E-state index contributed by atoms with van der Waals surface area (Å²) in [5.41, 5.74) is 4.02. The molecule has 0 spiro atoms. The first-order chi connectivity index (χ1) is 18.3. The fourth-order valence-electron chi connectivity index (χ4n) is 4.59. The molecular weight excluding hydrogens is 466 g/mol. The molecule has 0 bridgehead atoms. The van der Waals surface area contributed by atoms with Gasteiger partial charge in [0.15, 0.2) is 0 Å². The number of aliphatic hydroxyl groups excluding tert-OH is 1. The third-order valence-corrected chi connectivity index (χ3v) is 6.40. The fourth-order valence-corrected chi connectivity index (χ4v) is 4.59. The van der Waals surface area contributed by atoms with Crippen LogP contribution in [0.25, 0.3) is 11.3 Å². The second-order valence-electron chi connectivity index (χ2n) is 9.21. The molecule has 1 saturated heterocycles. The van der Waals surface area contributed by atoms with Crippen LogP contribution < -0.4 is 9.64 Å². The summed E-state index contributed by atoms with van der Waals surface area (Å²) in [6, 6.07) is 30.0. The van der Waals surface area contributed by atoms with Crippen molar-refractivity contribution in [3.63, 3.8) is 0 Å². The maximum atomic E-state index is 11.0. The van der Waals surface area contributed by atoms with Crippen LogP contribution in [0.15, 0.2) is 95.5 Å². The summed E-state index contributed by atoms with van der Waals surface area (Å²) in [6.07, 6.45) is -0.671. The average Bonchev–Trinajstić information content (AvgIpc) is 3.37. The predicted molar refractivity (Wildman–Crippen MR) is 143 cm³/mol. The lowest BCUT2D eigenvalue weighted by Gasteiger charge is -2.29. The van der Waals surface area contributed by atoms with Crippen molar-refractivity contribution in [3.05, 3.63) is 102 Å². The first-order valence-electron chi connectivity index (χ1n) is 12.7. The molecule has 192 valence electrons. The van der Waals surface area contributed by atoms with Crippen LogP contribution in [0.3, 0.4) is 0 Å². The molecule has 0 saturated carbocycles. The molecule has 7 nitrogen and oxygen atoms in total. The van der Waals surface area contributed by atoms with Gasteiger partial charge in [0, 0.05) is 38.3 Å². The van der Waals surface area contributed by atoms with Gasteiger partial charge in [-0.15, -0.1) is 0 Å². The zero-order chi connectivity index (χ0) is 25.3. The van der Waals surface area contributed by atoms with E-state index >= 15 is 0 Å². The molecule has 1 aromatic heterocycles. The molecule has 0 unspecified atom stereocenters. The number of morpholine rings is 1. The van der Waals surface area contributed by atoms with E-state index in [4.69, 9.17) is 14.0 Å². The van der Waals surface area contributed by atoms with Gasteiger partial charge in [0.1, 0.15) is 24.2 Å². The summed E-state index contributed by atoms with van der Waals surface area (Å²) in [5.74, 6) is 1.52. The van der Waals surface area contributed by atoms with Gasteiger partial charge in [-0.2, -0.15) is 0 Å². The van der Waals surface area contributed by atoms with Gasteiger partial charge in [-0.3, -0.25) is 4.90 Å². The van der Waals surface area contributed by atoms with Crippen molar-refractivity contribution >= 4 is 5.88 Å². The van der Waals surface area contributed by atoms with E-state index in [1.807, 2.05) is 66.7 Å². The number of para-hydroxylation sites is 1. The summed E-state index contributed by atoms with van der Waals surface area (Å²) in [7, 11) is 0. The maximum absolute atomic E-state index is 11.0. The predicted octanol–water partition coefficient (Wildman–Crippen LogP) is 4.62. The van der Waals surface area contributed by atoms with Crippen molar-refractivity contribution in [3.8, 4) is 17.0 Å². The van der Waals surface area contributed by atoms with Gasteiger partial charge in [-0.05, 0) is 17.7 Å². The number of benzene rings is 3. The Labute approximate surface area is 217 Å². The quantitative estimate of drug-likeness (QED) is 0.323. The van der Waals surface area contributed by atoms with Gasteiger partial charge >= 0.3 is 0 Å². The topological polar surface area (TPSA) is 71.2 Å². The minimum Gasteiger partial charge on any atom is -0.491 e. The highest BCUT2D eigenvalue weighted by molar-refractivity contribution is 5.68. The number of rotatable bonds is 11. The molecule has 1 fully saturated rings. The van der Waals surface area contributed by atoms with E-state index in [0.29, 0.717) is 32.8 Å².